The Morgan fingerprint density at radius 3 is 2.75 bits per heavy atom. The summed E-state index contributed by atoms with van der Waals surface area (Å²) in [6.45, 7) is 10.6. The molecule has 1 rings (SSSR count). The number of likely N-dealkylation sites (tertiary alicyclic amines) is 1. The van der Waals surface area contributed by atoms with Crippen molar-refractivity contribution >= 4 is 0 Å². The van der Waals surface area contributed by atoms with E-state index in [0.717, 1.165) is 19.1 Å². The quantitative estimate of drug-likeness (QED) is 0.700. The second-order valence-corrected chi connectivity index (χ2v) is 5.20. The first kappa shape index (κ1) is 14.0. The minimum atomic E-state index is 0.703. The molecule has 1 saturated heterocycles. The van der Waals surface area contributed by atoms with Crippen molar-refractivity contribution in [1.82, 2.24) is 10.2 Å². The molecule has 16 heavy (non-hydrogen) atoms. The monoisotopic (exact) mass is 226 g/mol. The first-order chi connectivity index (χ1) is 7.79. The molecule has 1 aliphatic rings. The Kier molecular flexibility index (Phi) is 7.06. The van der Waals surface area contributed by atoms with Crippen LogP contribution in [0, 0.1) is 0 Å². The molecule has 1 N–H and O–H groups in total. The smallest absolute Gasteiger partial charge is 0.0195 e. The summed E-state index contributed by atoms with van der Waals surface area (Å²) in [5, 5.41) is 3.56. The number of nitrogens with one attached hydrogen (secondary N) is 1. The molecular weight excluding hydrogens is 196 g/mol. The maximum absolute atomic E-state index is 3.56. The Balaban J connectivity index is 2.39. The molecule has 0 aromatic heterocycles. The average Bonchev–Trinajstić information content (AvgIpc) is 2.54. The van der Waals surface area contributed by atoms with Crippen LogP contribution in [0.2, 0.25) is 0 Å². The molecule has 0 aromatic carbocycles. The van der Waals surface area contributed by atoms with Gasteiger partial charge < -0.3 is 5.32 Å². The highest BCUT2D eigenvalue weighted by molar-refractivity contribution is 4.79. The average molecular weight is 226 g/mol. The zero-order valence-corrected chi connectivity index (χ0v) is 11.5. The van der Waals surface area contributed by atoms with Gasteiger partial charge in [-0.25, -0.2) is 0 Å². The molecular formula is C14H30N2. The fourth-order valence-corrected chi connectivity index (χ4v) is 2.82. The first-order valence-corrected chi connectivity index (χ1v) is 7.26. The van der Waals surface area contributed by atoms with E-state index in [1.54, 1.807) is 0 Å². The Morgan fingerprint density at radius 2 is 2.06 bits per heavy atom. The van der Waals surface area contributed by atoms with Gasteiger partial charge in [0.2, 0.25) is 0 Å². The third-order valence-electron chi connectivity index (χ3n) is 3.83. The second kappa shape index (κ2) is 8.08. The molecule has 0 radical (unpaired) electrons. The summed E-state index contributed by atoms with van der Waals surface area (Å²) < 4.78 is 0. The topological polar surface area (TPSA) is 15.3 Å². The Labute approximate surface area is 102 Å². The third-order valence-corrected chi connectivity index (χ3v) is 3.83. The van der Waals surface area contributed by atoms with E-state index in [9.17, 15) is 0 Å². The van der Waals surface area contributed by atoms with Gasteiger partial charge in [0, 0.05) is 18.6 Å². The predicted octanol–water partition coefficient (Wildman–Crippen LogP) is 3.03. The zero-order chi connectivity index (χ0) is 11.8. The Bertz CT molecular complexity index is 170. The standard InChI is InChI=1S/C14H30N2/c1-4-10-15-12-13(3)16-11-8-6-7-9-14(16)5-2/h13-15H,4-12H2,1-3H3. The van der Waals surface area contributed by atoms with Crippen LogP contribution in [0.1, 0.15) is 59.3 Å². The van der Waals surface area contributed by atoms with Crippen LogP contribution in [0.5, 0.6) is 0 Å². The lowest BCUT2D eigenvalue weighted by Crippen LogP contribution is -2.46. The van der Waals surface area contributed by atoms with Crippen molar-refractivity contribution in [1.29, 1.82) is 0 Å². The summed E-state index contributed by atoms with van der Waals surface area (Å²) in [6, 6.07) is 1.54. The largest absolute Gasteiger partial charge is 0.315 e. The molecule has 1 aliphatic heterocycles. The van der Waals surface area contributed by atoms with Crippen LogP contribution in [0.4, 0.5) is 0 Å². The lowest BCUT2D eigenvalue weighted by atomic mass is 10.1. The molecule has 1 heterocycles. The van der Waals surface area contributed by atoms with E-state index in [0.29, 0.717) is 6.04 Å². The molecule has 2 atom stereocenters. The van der Waals surface area contributed by atoms with Crippen molar-refractivity contribution in [3.05, 3.63) is 0 Å². The fourth-order valence-electron chi connectivity index (χ4n) is 2.82. The highest BCUT2D eigenvalue weighted by Gasteiger charge is 2.23. The van der Waals surface area contributed by atoms with E-state index >= 15 is 0 Å². The van der Waals surface area contributed by atoms with Crippen LogP contribution >= 0.6 is 0 Å². The molecule has 0 amide bonds. The lowest BCUT2D eigenvalue weighted by Gasteiger charge is -2.35. The minimum Gasteiger partial charge on any atom is -0.315 e. The SMILES string of the molecule is CCCNCC(C)N1CCCCCC1CC. The Hall–Kier alpha value is -0.0800. The minimum absolute atomic E-state index is 0.703. The molecule has 0 aliphatic carbocycles. The molecule has 0 bridgehead atoms. The molecule has 2 unspecified atom stereocenters. The van der Waals surface area contributed by atoms with Crippen molar-refractivity contribution in [2.75, 3.05) is 19.6 Å². The number of nitrogens with zero attached hydrogens (tertiary/aromatic N) is 1. The molecule has 0 saturated carbocycles. The van der Waals surface area contributed by atoms with E-state index in [4.69, 9.17) is 0 Å². The number of hydrogen-bond donors (Lipinski definition) is 1. The Morgan fingerprint density at radius 1 is 1.25 bits per heavy atom. The van der Waals surface area contributed by atoms with E-state index < -0.39 is 0 Å². The van der Waals surface area contributed by atoms with Crippen LogP contribution in [0.3, 0.4) is 0 Å². The van der Waals surface area contributed by atoms with Crippen molar-refractivity contribution in [3.63, 3.8) is 0 Å². The number of rotatable bonds is 6. The van der Waals surface area contributed by atoms with E-state index in [-0.39, 0.29) is 0 Å². The summed E-state index contributed by atoms with van der Waals surface area (Å²) in [6.07, 6.45) is 8.23. The van der Waals surface area contributed by atoms with Crippen LogP contribution in [-0.2, 0) is 0 Å². The van der Waals surface area contributed by atoms with E-state index in [1.165, 1.54) is 45.1 Å². The highest BCUT2D eigenvalue weighted by atomic mass is 15.2. The van der Waals surface area contributed by atoms with Crippen molar-refractivity contribution in [3.8, 4) is 0 Å². The summed E-state index contributed by atoms with van der Waals surface area (Å²) in [4.78, 5) is 2.75. The van der Waals surface area contributed by atoms with Gasteiger partial charge in [-0.05, 0) is 45.7 Å². The maximum Gasteiger partial charge on any atom is 0.0195 e. The lowest BCUT2D eigenvalue weighted by molar-refractivity contribution is 0.140. The number of hydrogen-bond acceptors (Lipinski definition) is 2. The summed E-state index contributed by atoms with van der Waals surface area (Å²) in [5.41, 5.74) is 0. The van der Waals surface area contributed by atoms with Gasteiger partial charge in [0.1, 0.15) is 0 Å². The summed E-state index contributed by atoms with van der Waals surface area (Å²) >= 11 is 0. The first-order valence-electron chi connectivity index (χ1n) is 7.26. The normalized spacial score (nSPS) is 25.3. The van der Waals surface area contributed by atoms with Crippen LogP contribution < -0.4 is 5.32 Å². The van der Waals surface area contributed by atoms with Gasteiger partial charge in [0.25, 0.3) is 0 Å². The summed E-state index contributed by atoms with van der Waals surface area (Å²) in [5.74, 6) is 0. The van der Waals surface area contributed by atoms with Crippen molar-refractivity contribution in [2.24, 2.45) is 0 Å². The second-order valence-electron chi connectivity index (χ2n) is 5.20. The van der Waals surface area contributed by atoms with Gasteiger partial charge >= 0.3 is 0 Å². The highest BCUT2D eigenvalue weighted by Crippen LogP contribution is 2.21. The van der Waals surface area contributed by atoms with Crippen molar-refractivity contribution < 1.29 is 0 Å². The maximum atomic E-state index is 3.56. The van der Waals surface area contributed by atoms with Gasteiger partial charge in [0.15, 0.2) is 0 Å². The van der Waals surface area contributed by atoms with Crippen LogP contribution in [0.25, 0.3) is 0 Å². The van der Waals surface area contributed by atoms with E-state index in [2.05, 4.69) is 31.0 Å². The van der Waals surface area contributed by atoms with Gasteiger partial charge in [-0.2, -0.15) is 0 Å². The molecule has 2 heteroatoms. The fraction of sp³-hybridized carbons (Fsp3) is 1.00. The van der Waals surface area contributed by atoms with Gasteiger partial charge in [-0.15, -0.1) is 0 Å². The predicted molar refractivity (Wildman–Crippen MR) is 71.9 cm³/mol. The molecule has 0 aromatic rings. The zero-order valence-electron chi connectivity index (χ0n) is 11.5. The molecule has 96 valence electrons. The van der Waals surface area contributed by atoms with Gasteiger partial charge in [0.05, 0.1) is 0 Å². The summed E-state index contributed by atoms with van der Waals surface area (Å²) in [7, 11) is 0. The molecule has 2 nitrogen and oxygen atoms in total. The van der Waals surface area contributed by atoms with Gasteiger partial charge in [-0.1, -0.05) is 26.7 Å². The van der Waals surface area contributed by atoms with Gasteiger partial charge in [-0.3, -0.25) is 4.90 Å². The molecule has 0 spiro atoms. The van der Waals surface area contributed by atoms with Crippen molar-refractivity contribution in [2.45, 2.75) is 71.4 Å². The van der Waals surface area contributed by atoms with E-state index in [1.807, 2.05) is 0 Å². The third kappa shape index (κ3) is 4.42. The van der Waals surface area contributed by atoms with Crippen LogP contribution in [0.15, 0.2) is 0 Å². The van der Waals surface area contributed by atoms with Crippen LogP contribution in [-0.4, -0.2) is 36.6 Å². The molecule has 1 fully saturated rings.